The second-order valence-electron chi connectivity index (χ2n) is 12.1. The lowest BCUT2D eigenvalue weighted by Gasteiger charge is -2.24. The van der Waals surface area contributed by atoms with Gasteiger partial charge in [0.2, 0.25) is 12.2 Å². The molecule has 4 rings (SSSR count). The Balaban J connectivity index is 0.00000103. The Morgan fingerprint density at radius 3 is 1.28 bits per heavy atom. The number of benzene rings is 4. The lowest BCUT2D eigenvalue weighted by atomic mass is 10.0. The lowest BCUT2D eigenvalue weighted by Crippen LogP contribution is -2.35. The molecule has 0 heterocycles. The van der Waals surface area contributed by atoms with E-state index in [9.17, 15) is 19.2 Å². The molecule has 4 aromatic carbocycles. The fourth-order valence-corrected chi connectivity index (χ4v) is 4.74. The number of carbonyl (C=O) groups is 2. The minimum Gasteiger partial charge on any atom is -0.461 e. The average molecular weight is 679 g/mol. The quantitative estimate of drug-likeness (QED) is 0.0615. The van der Waals surface area contributed by atoms with Gasteiger partial charge in [0.25, 0.3) is 0 Å². The van der Waals surface area contributed by atoms with Crippen molar-refractivity contribution >= 4 is 35.5 Å². The molecule has 0 amide bonds. The van der Waals surface area contributed by atoms with Crippen LogP contribution in [0, 0.1) is 0 Å². The number of carbonyl (C=O) groups excluding carboxylic acids is 4. The third-order valence-electron chi connectivity index (χ3n) is 7.32. The van der Waals surface area contributed by atoms with E-state index in [2.05, 4.69) is 9.98 Å². The van der Waals surface area contributed by atoms with Crippen LogP contribution >= 0.6 is 0 Å². The first-order valence-electron chi connectivity index (χ1n) is 16.2. The molecule has 0 atom stereocenters. The van der Waals surface area contributed by atoms with E-state index < -0.39 is 17.5 Å². The van der Waals surface area contributed by atoms with Gasteiger partial charge in [0.05, 0.1) is 24.2 Å². The van der Waals surface area contributed by atoms with Gasteiger partial charge in [0.15, 0.2) is 0 Å². The fraction of sp³-hybridized carbons (Fsp3) is 0.300. The van der Waals surface area contributed by atoms with Crippen LogP contribution < -0.4 is 0 Å². The maximum absolute atomic E-state index is 12.6. The number of aliphatic hydroxyl groups is 2. The molecule has 10 nitrogen and oxygen atoms in total. The minimum atomic E-state index is -0.983. The predicted molar refractivity (Wildman–Crippen MR) is 189 cm³/mol. The van der Waals surface area contributed by atoms with Crippen molar-refractivity contribution in [2.24, 2.45) is 9.98 Å². The first-order valence-corrected chi connectivity index (χ1v) is 16.2. The van der Waals surface area contributed by atoms with Crippen molar-refractivity contribution in [2.45, 2.75) is 58.0 Å². The third kappa shape index (κ3) is 14.7. The normalized spacial score (nSPS) is 10.5. The summed E-state index contributed by atoms with van der Waals surface area (Å²) in [5, 5.41) is 16.2. The van der Waals surface area contributed by atoms with Crippen LogP contribution in [0.5, 0.6) is 0 Å². The van der Waals surface area contributed by atoms with Gasteiger partial charge in [-0.25, -0.2) is 9.59 Å². The van der Waals surface area contributed by atoms with Gasteiger partial charge in [-0.1, -0.05) is 72.8 Å². The number of aliphatic hydroxyl groups excluding tert-OH is 2. The van der Waals surface area contributed by atoms with E-state index in [4.69, 9.17) is 19.7 Å². The number of rotatable bonds is 16. The molecule has 0 aromatic heterocycles. The maximum Gasteiger partial charge on any atom is 0.310 e. The molecule has 0 aliphatic rings. The summed E-state index contributed by atoms with van der Waals surface area (Å²) in [5.74, 6) is -0.818. The van der Waals surface area contributed by atoms with Crippen molar-refractivity contribution in [2.75, 3.05) is 19.8 Å². The number of isocyanates is 2. The zero-order valence-corrected chi connectivity index (χ0v) is 28.3. The van der Waals surface area contributed by atoms with Crippen LogP contribution in [0.2, 0.25) is 0 Å². The molecule has 0 bridgehead atoms. The second-order valence-corrected chi connectivity index (χ2v) is 12.1. The molecular formula is C40H42N2O8. The Morgan fingerprint density at radius 2 is 0.920 bits per heavy atom. The minimum absolute atomic E-state index is 0.0598. The Labute approximate surface area is 292 Å². The molecule has 4 aromatic rings. The van der Waals surface area contributed by atoms with Crippen LogP contribution in [0.25, 0.3) is 0 Å². The highest BCUT2D eigenvalue weighted by Crippen LogP contribution is 2.19. The monoisotopic (exact) mass is 678 g/mol. The molecule has 260 valence electrons. The highest BCUT2D eigenvalue weighted by molar-refractivity contribution is 5.74. The molecule has 0 saturated carbocycles. The number of hydrogen-bond acceptors (Lipinski definition) is 10. The number of ether oxygens (including phenoxy) is 2. The smallest absolute Gasteiger partial charge is 0.310 e. The third-order valence-corrected chi connectivity index (χ3v) is 7.32. The second kappa shape index (κ2) is 20.8. The standard InChI is InChI=1S/C36H32N2O6.C4H10O2/c1-36(2,44-35(42)22-31-9-5-27(6-10-31)20-29-13-17-33(18-14-29)38-25-40)23-43-34(41)21-30-7-3-26(4-8-30)19-28-11-15-32(16-12-28)37-24-39;5-3-1-2-4-6/h3-18H,19-23H2,1-2H3;5-6H,1-4H2. The zero-order chi connectivity index (χ0) is 36.2. The topological polar surface area (TPSA) is 152 Å². The molecule has 2 N–H and O–H groups in total. The van der Waals surface area contributed by atoms with E-state index in [1.807, 2.05) is 72.8 Å². The van der Waals surface area contributed by atoms with Crippen LogP contribution in [-0.4, -0.2) is 59.7 Å². The van der Waals surface area contributed by atoms with Crippen LogP contribution in [0.1, 0.15) is 60.1 Å². The van der Waals surface area contributed by atoms with Crippen molar-refractivity contribution in [1.29, 1.82) is 0 Å². The summed E-state index contributed by atoms with van der Waals surface area (Å²) in [6.45, 7) is 3.75. The summed E-state index contributed by atoms with van der Waals surface area (Å²) in [6, 6.07) is 30.1. The number of nitrogens with zero attached hydrogens (tertiary/aromatic N) is 2. The summed E-state index contributed by atoms with van der Waals surface area (Å²) in [5.41, 5.74) is 6.07. The summed E-state index contributed by atoms with van der Waals surface area (Å²) in [6.07, 6.45) is 6.10. The SMILES string of the molecule is CC(C)(COC(=O)Cc1ccc(Cc2ccc(N=C=O)cc2)cc1)OC(=O)Cc1ccc(Cc2ccc(N=C=O)cc2)cc1.OCCCCO. The molecule has 0 fully saturated rings. The summed E-state index contributed by atoms with van der Waals surface area (Å²) in [4.78, 5) is 53.0. The number of aliphatic imine (C=N–C) groups is 2. The molecule has 0 aliphatic heterocycles. The van der Waals surface area contributed by atoms with Gasteiger partial charge in [-0.05, 0) is 97.2 Å². The highest BCUT2D eigenvalue weighted by atomic mass is 16.6. The Kier molecular flexibility index (Phi) is 16.2. The van der Waals surface area contributed by atoms with E-state index in [1.54, 1.807) is 38.1 Å². The molecule has 0 unspecified atom stereocenters. The van der Waals surface area contributed by atoms with Crippen LogP contribution in [0.4, 0.5) is 11.4 Å². The van der Waals surface area contributed by atoms with Crippen molar-refractivity contribution in [3.05, 3.63) is 130 Å². The Bertz CT molecular complexity index is 1730. The van der Waals surface area contributed by atoms with Crippen LogP contribution in [0.15, 0.2) is 107 Å². The first kappa shape index (κ1) is 38.9. The van der Waals surface area contributed by atoms with Crippen LogP contribution in [-0.2, 0) is 54.3 Å². The number of unbranched alkanes of at least 4 members (excludes halogenated alkanes) is 1. The summed E-state index contributed by atoms with van der Waals surface area (Å²) < 4.78 is 11.1. The number of hydrogen-bond donors (Lipinski definition) is 2. The highest BCUT2D eigenvalue weighted by Gasteiger charge is 2.25. The molecule has 0 aliphatic carbocycles. The molecule has 0 saturated heterocycles. The average Bonchev–Trinajstić information content (AvgIpc) is 3.10. The fourth-order valence-electron chi connectivity index (χ4n) is 4.74. The molecule has 50 heavy (non-hydrogen) atoms. The van der Waals surface area contributed by atoms with E-state index >= 15 is 0 Å². The van der Waals surface area contributed by atoms with Crippen molar-refractivity contribution in [3.63, 3.8) is 0 Å². The Morgan fingerprint density at radius 1 is 0.580 bits per heavy atom. The van der Waals surface area contributed by atoms with Gasteiger partial charge < -0.3 is 19.7 Å². The van der Waals surface area contributed by atoms with Gasteiger partial charge in [0, 0.05) is 13.2 Å². The largest absolute Gasteiger partial charge is 0.461 e. The molecule has 10 heteroatoms. The molecular weight excluding hydrogens is 636 g/mol. The molecule has 0 radical (unpaired) electrons. The summed E-state index contributed by atoms with van der Waals surface area (Å²) in [7, 11) is 0. The van der Waals surface area contributed by atoms with Crippen molar-refractivity contribution in [1.82, 2.24) is 0 Å². The van der Waals surface area contributed by atoms with Gasteiger partial charge in [0.1, 0.15) is 12.2 Å². The van der Waals surface area contributed by atoms with Crippen molar-refractivity contribution < 1.29 is 38.9 Å². The predicted octanol–water partition coefficient (Wildman–Crippen LogP) is 6.20. The van der Waals surface area contributed by atoms with Gasteiger partial charge in [-0.2, -0.15) is 9.98 Å². The van der Waals surface area contributed by atoms with Gasteiger partial charge >= 0.3 is 11.9 Å². The van der Waals surface area contributed by atoms with Crippen LogP contribution in [0.3, 0.4) is 0 Å². The summed E-state index contributed by atoms with van der Waals surface area (Å²) >= 11 is 0. The maximum atomic E-state index is 12.6. The molecule has 0 spiro atoms. The first-order chi connectivity index (χ1) is 24.1. The lowest BCUT2D eigenvalue weighted by molar-refractivity contribution is -0.167. The number of esters is 2. The Hall–Kier alpha value is -5.50. The van der Waals surface area contributed by atoms with Gasteiger partial charge in [-0.3, -0.25) is 9.59 Å². The van der Waals surface area contributed by atoms with E-state index in [1.165, 1.54) is 12.2 Å². The van der Waals surface area contributed by atoms with E-state index in [0.717, 1.165) is 46.2 Å². The van der Waals surface area contributed by atoms with Gasteiger partial charge in [-0.15, -0.1) is 0 Å². The van der Waals surface area contributed by atoms with E-state index in [-0.39, 0.29) is 32.7 Å². The van der Waals surface area contributed by atoms with Crippen molar-refractivity contribution in [3.8, 4) is 0 Å². The van der Waals surface area contributed by atoms with E-state index in [0.29, 0.717) is 24.2 Å². The zero-order valence-electron chi connectivity index (χ0n) is 28.3.